The van der Waals surface area contributed by atoms with Gasteiger partial charge in [-0.15, -0.1) is 0 Å². The average Bonchev–Trinajstić information content (AvgIpc) is 3.31. The zero-order chi connectivity index (χ0) is 26.9. The number of benzene rings is 1. The number of piperazine rings is 1. The molecule has 1 amide bonds. The molecule has 1 aromatic carbocycles. The van der Waals surface area contributed by atoms with E-state index in [0.29, 0.717) is 24.5 Å². The normalized spacial score (nSPS) is 24.5. The minimum atomic E-state index is -0.210. The quantitative estimate of drug-likeness (QED) is 0.565. The molecular formula is C30H40N4O4. The molecule has 204 valence electrons. The fourth-order valence-electron chi connectivity index (χ4n) is 5.09. The summed E-state index contributed by atoms with van der Waals surface area (Å²) in [5, 5.41) is 7.27. The van der Waals surface area contributed by atoms with Gasteiger partial charge in [0.2, 0.25) is 0 Å². The molecule has 3 aliphatic rings. The molecule has 0 bridgehead atoms. The van der Waals surface area contributed by atoms with Crippen LogP contribution in [-0.4, -0.2) is 87.1 Å². The van der Waals surface area contributed by atoms with Crippen LogP contribution in [0.5, 0.6) is 0 Å². The summed E-state index contributed by atoms with van der Waals surface area (Å²) in [5.41, 5.74) is 4.78. The summed E-state index contributed by atoms with van der Waals surface area (Å²) < 4.78 is 11.4. The summed E-state index contributed by atoms with van der Waals surface area (Å²) in [5.74, 6) is 0.250. The highest BCUT2D eigenvalue weighted by Gasteiger charge is 2.37. The number of hydrogen-bond acceptors (Lipinski definition) is 7. The van der Waals surface area contributed by atoms with E-state index in [0.717, 1.165) is 50.6 Å². The Bertz CT molecular complexity index is 1110. The van der Waals surface area contributed by atoms with Crippen molar-refractivity contribution in [3.63, 3.8) is 0 Å². The lowest BCUT2D eigenvalue weighted by atomic mass is 9.92. The van der Waals surface area contributed by atoms with Crippen molar-refractivity contribution in [1.82, 2.24) is 15.1 Å². The highest BCUT2D eigenvalue weighted by atomic mass is 16.6. The number of amides is 1. The molecule has 1 N–H and O–H groups in total. The van der Waals surface area contributed by atoms with Crippen LogP contribution >= 0.6 is 0 Å². The van der Waals surface area contributed by atoms with Crippen molar-refractivity contribution >= 4 is 17.7 Å². The Morgan fingerprint density at radius 1 is 1.18 bits per heavy atom. The summed E-state index contributed by atoms with van der Waals surface area (Å²) in [6.07, 6.45) is 7.26. The number of carbonyl (C=O) groups excluding carboxylic acids is 1. The largest absolute Gasteiger partial charge is 0.500 e. The number of nitrogens with one attached hydrogen (secondary N) is 1. The van der Waals surface area contributed by atoms with E-state index < -0.39 is 0 Å². The van der Waals surface area contributed by atoms with Crippen LogP contribution in [0.15, 0.2) is 76.4 Å². The lowest BCUT2D eigenvalue weighted by Gasteiger charge is -2.36. The van der Waals surface area contributed by atoms with Crippen molar-refractivity contribution in [2.45, 2.75) is 26.9 Å². The van der Waals surface area contributed by atoms with E-state index in [9.17, 15) is 4.79 Å². The SMILES string of the molecule is CCNC(=O)C1=C(OC)/C=C(\C)C2=NOC(CN3CCN(C/C(C)=C/c4ccccc4)CC3)C2COC=C1. The highest BCUT2D eigenvalue weighted by Crippen LogP contribution is 2.27. The van der Waals surface area contributed by atoms with Gasteiger partial charge >= 0.3 is 0 Å². The molecule has 4 rings (SSSR count). The smallest absolute Gasteiger partial charge is 0.255 e. The lowest BCUT2D eigenvalue weighted by molar-refractivity contribution is -0.117. The number of ether oxygens (including phenoxy) is 2. The topological polar surface area (TPSA) is 75.6 Å². The van der Waals surface area contributed by atoms with E-state index in [2.05, 4.69) is 57.5 Å². The fourth-order valence-corrected chi connectivity index (χ4v) is 5.09. The van der Waals surface area contributed by atoms with Gasteiger partial charge in [0.1, 0.15) is 5.76 Å². The van der Waals surface area contributed by atoms with Crippen LogP contribution < -0.4 is 5.32 Å². The van der Waals surface area contributed by atoms with Crippen LogP contribution in [0.1, 0.15) is 26.3 Å². The number of carbonyl (C=O) groups is 1. The van der Waals surface area contributed by atoms with E-state index in [-0.39, 0.29) is 17.9 Å². The second-order valence-corrected chi connectivity index (χ2v) is 10.0. The zero-order valence-electron chi connectivity index (χ0n) is 23.0. The predicted octanol–water partition coefficient (Wildman–Crippen LogP) is 3.61. The Kier molecular flexibility index (Phi) is 9.79. The first-order valence-corrected chi connectivity index (χ1v) is 13.4. The van der Waals surface area contributed by atoms with E-state index in [1.54, 1.807) is 19.4 Å². The summed E-state index contributed by atoms with van der Waals surface area (Å²) >= 11 is 0. The van der Waals surface area contributed by atoms with Gasteiger partial charge in [0, 0.05) is 45.8 Å². The molecule has 3 heterocycles. The number of fused-ring (bicyclic) bond motifs is 1. The summed E-state index contributed by atoms with van der Waals surface area (Å²) in [6, 6.07) is 10.5. The third-order valence-corrected chi connectivity index (χ3v) is 7.10. The summed E-state index contributed by atoms with van der Waals surface area (Å²) in [4.78, 5) is 23.5. The van der Waals surface area contributed by atoms with Crippen molar-refractivity contribution < 1.29 is 19.1 Å². The molecule has 2 unspecified atom stereocenters. The van der Waals surface area contributed by atoms with Crippen molar-refractivity contribution in [2.75, 3.05) is 59.5 Å². The molecule has 0 aromatic heterocycles. The van der Waals surface area contributed by atoms with Gasteiger partial charge in [-0.05, 0) is 44.1 Å². The van der Waals surface area contributed by atoms with E-state index >= 15 is 0 Å². The Morgan fingerprint density at radius 3 is 2.63 bits per heavy atom. The Hall–Kier alpha value is -3.36. The second-order valence-electron chi connectivity index (χ2n) is 10.0. The molecular weight excluding hydrogens is 480 g/mol. The fraction of sp³-hybridized carbons (Fsp3) is 0.467. The molecule has 3 aliphatic heterocycles. The van der Waals surface area contributed by atoms with E-state index in [4.69, 9.17) is 14.3 Å². The maximum Gasteiger partial charge on any atom is 0.255 e. The number of allylic oxidation sites excluding steroid dienone is 2. The summed E-state index contributed by atoms with van der Waals surface area (Å²) in [7, 11) is 1.56. The molecule has 0 spiro atoms. The van der Waals surface area contributed by atoms with Crippen LogP contribution in [0.2, 0.25) is 0 Å². The standard InChI is InChI=1S/C30H40N4O4/c1-5-31-30(35)25-11-16-37-21-26-28(38-32-29(26)23(3)18-27(25)36-4)20-34-14-12-33(13-15-34)19-22(2)17-24-9-7-6-8-10-24/h6-11,16-18,26,28H,5,12-15,19-21H2,1-4H3,(H,31,35)/b16-11?,22-17+,23-18+,27-25?. The number of hydrogen-bond donors (Lipinski definition) is 1. The van der Waals surface area contributed by atoms with Crippen molar-refractivity contribution in [3.8, 4) is 0 Å². The lowest BCUT2D eigenvalue weighted by Crippen LogP contribution is -2.50. The Balaban J connectivity index is 1.35. The van der Waals surface area contributed by atoms with Gasteiger partial charge in [-0.3, -0.25) is 14.6 Å². The van der Waals surface area contributed by atoms with Crippen LogP contribution in [0, 0.1) is 5.92 Å². The predicted molar refractivity (Wildman–Crippen MR) is 150 cm³/mol. The van der Waals surface area contributed by atoms with Gasteiger partial charge in [0.15, 0.2) is 6.10 Å². The average molecular weight is 521 g/mol. The Morgan fingerprint density at radius 2 is 1.92 bits per heavy atom. The number of nitrogens with zero attached hydrogens (tertiary/aromatic N) is 3. The zero-order valence-corrected chi connectivity index (χ0v) is 23.0. The molecule has 1 aromatic rings. The number of oxime groups is 1. The molecule has 0 saturated carbocycles. The number of rotatable bonds is 8. The molecule has 1 fully saturated rings. The van der Waals surface area contributed by atoms with Gasteiger partial charge in [-0.25, -0.2) is 0 Å². The first-order valence-electron chi connectivity index (χ1n) is 13.4. The third-order valence-electron chi connectivity index (χ3n) is 7.10. The minimum absolute atomic E-state index is 0.00546. The number of likely N-dealkylation sites (N-methyl/N-ethyl adjacent to an activating group) is 1. The van der Waals surface area contributed by atoms with Gasteiger partial charge in [0.05, 0.1) is 37.2 Å². The molecule has 0 radical (unpaired) electrons. The third kappa shape index (κ3) is 7.14. The molecule has 8 heteroatoms. The van der Waals surface area contributed by atoms with Gasteiger partial charge in [-0.2, -0.15) is 0 Å². The monoisotopic (exact) mass is 520 g/mol. The molecule has 2 atom stereocenters. The van der Waals surface area contributed by atoms with Gasteiger partial charge in [0.25, 0.3) is 5.91 Å². The summed E-state index contributed by atoms with van der Waals surface area (Å²) in [6.45, 7) is 12.8. The van der Waals surface area contributed by atoms with Crippen molar-refractivity contribution in [2.24, 2.45) is 11.1 Å². The van der Waals surface area contributed by atoms with Gasteiger partial charge < -0.3 is 19.6 Å². The van der Waals surface area contributed by atoms with Crippen LogP contribution in [0.25, 0.3) is 6.08 Å². The second kappa shape index (κ2) is 13.4. The number of methoxy groups -OCH3 is 1. The van der Waals surface area contributed by atoms with Crippen molar-refractivity contribution in [3.05, 3.63) is 76.8 Å². The maximum atomic E-state index is 12.6. The molecule has 1 saturated heterocycles. The minimum Gasteiger partial charge on any atom is -0.500 e. The molecule has 38 heavy (non-hydrogen) atoms. The first-order chi connectivity index (χ1) is 18.5. The van der Waals surface area contributed by atoms with E-state index in [1.165, 1.54) is 11.1 Å². The van der Waals surface area contributed by atoms with Crippen LogP contribution in [0.4, 0.5) is 0 Å². The maximum absolute atomic E-state index is 12.6. The first kappa shape index (κ1) is 27.7. The van der Waals surface area contributed by atoms with Crippen molar-refractivity contribution in [1.29, 1.82) is 0 Å². The van der Waals surface area contributed by atoms with E-state index in [1.807, 2.05) is 26.0 Å². The molecule has 0 aliphatic carbocycles. The van der Waals surface area contributed by atoms with Gasteiger partial charge in [-0.1, -0.05) is 47.1 Å². The molecule has 8 nitrogen and oxygen atoms in total. The van der Waals surface area contributed by atoms with Crippen LogP contribution in [-0.2, 0) is 19.1 Å². The highest BCUT2D eigenvalue weighted by molar-refractivity contribution is 6.03. The Labute approximate surface area is 226 Å². The van der Waals surface area contributed by atoms with Crippen LogP contribution in [0.3, 0.4) is 0 Å².